The van der Waals surface area contributed by atoms with E-state index < -0.39 is 0 Å². The number of aromatic nitrogens is 1. The third kappa shape index (κ3) is 5.17. The summed E-state index contributed by atoms with van der Waals surface area (Å²) in [6, 6.07) is 44.9. The molecule has 0 spiro atoms. The number of furan rings is 1. The van der Waals surface area contributed by atoms with Gasteiger partial charge in [0, 0.05) is 17.9 Å². The van der Waals surface area contributed by atoms with Crippen molar-refractivity contribution in [2.75, 3.05) is 0 Å². The second-order valence-electron chi connectivity index (χ2n) is 13.5. The summed E-state index contributed by atoms with van der Waals surface area (Å²) in [6.45, 7) is 9.11. The van der Waals surface area contributed by atoms with Gasteiger partial charge in [-0.2, -0.15) is 0 Å². The summed E-state index contributed by atoms with van der Waals surface area (Å²) in [5.41, 5.74) is 10.6. The molecule has 0 aliphatic carbocycles. The van der Waals surface area contributed by atoms with Gasteiger partial charge in [0.2, 0.25) is 0 Å². The molecule has 3 heterocycles. The molecule has 246 valence electrons. The van der Waals surface area contributed by atoms with E-state index in [2.05, 4.69) is 113 Å². The fourth-order valence-corrected chi connectivity index (χ4v) is 7.57. The first kappa shape index (κ1) is 32.2. The molecule has 2 aromatic heterocycles. The molecule has 0 fully saturated rings. The van der Waals surface area contributed by atoms with Crippen LogP contribution in [0.4, 0.5) is 5.69 Å². The summed E-state index contributed by atoms with van der Waals surface area (Å²) >= 11 is 0. The molecule has 0 saturated heterocycles. The number of aliphatic imine (C=N–C) groups is 1. The predicted molar refractivity (Wildman–Crippen MR) is 200 cm³/mol. The largest absolute Gasteiger partial charge is 2.00 e. The van der Waals surface area contributed by atoms with Crippen molar-refractivity contribution in [3.05, 3.63) is 155 Å². The number of hydrogen-bond donors (Lipinski definition) is 0. The fourth-order valence-electron chi connectivity index (χ4n) is 7.57. The van der Waals surface area contributed by atoms with Gasteiger partial charge in [0.1, 0.15) is 5.58 Å². The Morgan fingerprint density at radius 1 is 0.720 bits per heavy atom. The van der Waals surface area contributed by atoms with Crippen LogP contribution in [0.5, 0.6) is 11.5 Å². The summed E-state index contributed by atoms with van der Waals surface area (Å²) < 4.78 is 13.3. The van der Waals surface area contributed by atoms with Crippen molar-refractivity contribution in [2.45, 2.75) is 45.4 Å². The minimum atomic E-state index is -0.0205. The number of ether oxygens (including phenoxy) is 1. The van der Waals surface area contributed by atoms with Crippen LogP contribution in [0.2, 0.25) is 0 Å². The van der Waals surface area contributed by atoms with E-state index in [4.69, 9.17) is 19.1 Å². The van der Waals surface area contributed by atoms with E-state index in [9.17, 15) is 0 Å². The van der Waals surface area contributed by atoms with Crippen LogP contribution in [0, 0.1) is 12.1 Å². The van der Waals surface area contributed by atoms with Crippen LogP contribution >= 0.6 is 0 Å². The molecule has 50 heavy (non-hydrogen) atoms. The first-order valence-electron chi connectivity index (χ1n) is 17.0. The van der Waals surface area contributed by atoms with Crippen molar-refractivity contribution < 1.29 is 30.2 Å². The van der Waals surface area contributed by atoms with Crippen LogP contribution in [-0.4, -0.2) is 10.7 Å². The van der Waals surface area contributed by atoms with E-state index in [0.29, 0.717) is 23.3 Å². The molecular formula is C45H34N2O2Pt. The molecule has 9 rings (SSSR count). The maximum absolute atomic E-state index is 6.80. The molecule has 5 heteroatoms. The topological polar surface area (TPSA) is 47.6 Å². The zero-order valence-electron chi connectivity index (χ0n) is 28.2. The maximum atomic E-state index is 6.80. The van der Waals surface area contributed by atoms with Crippen molar-refractivity contribution in [3.63, 3.8) is 0 Å². The van der Waals surface area contributed by atoms with Gasteiger partial charge in [0.15, 0.2) is 0 Å². The maximum Gasteiger partial charge on any atom is 2.00 e. The second-order valence-corrected chi connectivity index (χ2v) is 13.5. The van der Waals surface area contributed by atoms with Gasteiger partial charge in [-0.3, -0.25) is 4.99 Å². The average molecular weight is 830 g/mol. The molecule has 1 aliphatic heterocycles. The van der Waals surface area contributed by atoms with Crippen molar-refractivity contribution in [1.29, 1.82) is 0 Å². The molecule has 0 amide bonds. The summed E-state index contributed by atoms with van der Waals surface area (Å²) in [5, 5.41) is 4.71. The summed E-state index contributed by atoms with van der Waals surface area (Å²) in [7, 11) is 0. The molecule has 6 aromatic carbocycles. The molecule has 0 bridgehead atoms. The minimum absolute atomic E-state index is 0. The Balaban J connectivity index is 0.00000361. The average Bonchev–Trinajstić information content (AvgIpc) is 3.71. The van der Waals surface area contributed by atoms with Gasteiger partial charge < -0.3 is 14.1 Å². The quantitative estimate of drug-likeness (QED) is 0.124. The molecule has 0 radical (unpaired) electrons. The van der Waals surface area contributed by atoms with E-state index in [1.54, 1.807) is 0 Å². The third-order valence-corrected chi connectivity index (χ3v) is 9.81. The van der Waals surface area contributed by atoms with Crippen molar-refractivity contribution in [1.82, 2.24) is 4.98 Å². The molecule has 8 aromatic rings. The van der Waals surface area contributed by atoms with Gasteiger partial charge >= 0.3 is 21.1 Å². The van der Waals surface area contributed by atoms with Crippen LogP contribution in [-0.2, 0) is 21.1 Å². The Bertz CT molecular complexity index is 2590. The number of nitrogens with zero attached hydrogens (tertiary/aromatic N) is 2. The van der Waals surface area contributed by atoms with E-state index in [0.717, 1.165) is 60.6 Å². The molecule has 1 atom stereocenters. The van der Waals surface area contributed by atoms with Gasteiger partial charge in [-0.15, -0.1) is 29.1 Å². The number of pyridine rings is 1. The molecular weight excluding hydrogens is 796 g/mol. The van der Waals surface area contributed by atoms with E-state index in [1.807, 2.05) is 42.6 Å². The van der Waals surface area contributed by atoms with Gasteiger partial charge in [-0.05, 0) is 79.7 Å². The van der Waals surface area contributed by atoms with E-state index >= 15 is 0 Å². The van der Waals surface area contributed by atoms with E-state index in [1.165, 1.54) is 22.3 Å². The standard InChI is InChI=1S/C45H34N2O2.Pt/c1-26(2)31-17-10-18-32(27(3)4)40(31)42-34-15-5-7-19-37(34)47-44(42)29-12-9-14-30(24-29)48-39-25-36-33(22-21-28-13-11-23-46-43(28)36)45-41(39)35-16-6-8-20-38(35)49-45;/h5-23,26-27,42H,1-4H3;/q-2;+2. The van der Waals surface area contributed by atoms with Crippen LogP contribution in [0.3, 0.4) is 0 Å². The zero-order chi connectivity index (χ0) is 33.2. The number of benzene rings is 6. The van der Waals surface area contributed by atoms with Crippen LogP contribution < -0.4 is 4.74 Å². The van der Waals surface area contributed by atoms with Crippen LogP contribution in [0.15, 0.2) is 125 Å². The zero-order valence-corrected chi connectivity index (χ0v) is 30.5. The SMILES string of the molecule is CC(C)c1cccc(C(C)C)c1C1C(c2[c-]c(Oc3[c-]c4c(ccc5cccnc54)c4oc5ccccc5c34)ccc2)=Nc2ccccc21.[Pt+2]. The number of hydrogen-bond acceptors (Lipinski definition) is 4. The summed E-state index contributed by atoms with van der Waals surface area (Å²) in [5.74, 6) is 1.88. The fraction of sp³-hybridized carbons (Fsp3) is 0.156. The molecule has 4 nitrogen and oxygen atoms in total. The first-order valence-corrected chi connectivity index (χ1v) is 17.0. The number of fused-ring (bicyclic) bond motifs is 8. The van der Waals surface area contributed by atoms with Crippen molar-refractivity contribution >= 4 is 55.0 Å². The Morgan fingerprint density at radius 3 is 2.30 bits per heavy atom. The molecule has 0 N–H and O–H groups in total. The number of rotatable bonds is 6. The van der Waals surface area contributed by atoms with Crippen molar-refractivity contribution in [3.8, 4) is 11.5 Å². The van der Waals surface area contributed by atoms with Crippen LogP contribution in [0.25, 0.3) is 43.6 Å². The third-order valence-electron chi connectivity index (χ3n) is 9.81. The first-order chi connectivity index (χ1) is 24.0. The normalized spacial score (nSPS) is 14.1. The Hall–Kier alpha value is -5.05. The van der Waals surface area contributed by atoms with Crippen molar-refractivity contribution in [2.24, 2.45) is 4.99 Å². The van der Waals surface area contributed by atoms with Gasteiger partial charge in [0.25, 0.3) is 0 Å². The second kappa shape index (κ2) is 12.7. The van der Waals surface area contributed by atoms with Gasteiger partial charge in [-0.25, -0.2) is 0 Å². The monoisotopic (exact) mass is 829 g/mol. The minimum Gasteiger partial charge on any atom is -0.496 e. The Labute approximate surface area is 306 Å². The molecule has 1 unspecified atom stereocenters. The van der Waals surface area contributed by atoms with Crippen LogP contribution in [0.1, 0.15) is 73.3 Å². The molecule has 0 saturated carbocycles. The van der Waals surface area contributed by atoms with Gasteiger partial charge in [0.05, 0.1) is 17.0 Å². The van der Waals surface area contributed by atoms with E-state index in [-0.39, 0.29) is 27.0 Å². The Kier molecular flexibility index (Phi) is 8.16. The summed E-state index contributed by atoms with van der Waals surface area (Å²) in [6.07, 6.45) is 1.81. The Morgan fingerprint density at radius 2 is 1.48 bits per heavy atom. The van der Waals surface area contributed by atoms with Gasteiger partial charge in [-0.1, -0.05) is 118 Å². The number of para-hydroxylation sites is 2. The smallest absolute Gasteiger partial charge is 0.496 e. The predicted octanol–water partition coefficient (Wildman–Crippen LogP) is 12.2. The molecule has 1 aliphatic rings. The summed E-state index contributed by atoms with van der Waals surface area (Å²) in [4.78, 5) is 10.0.